The molecular formula is C10H18N2O2. The van der Waals surface area contributed by atoms with Gasteiger partial charge in [-0.3, -0.25) is 0 Å². The van der Waals surface area contributed by atoms with E-state index in [1.54, 1.807) is 0 Å². The minimum atomic E-state index is -0.465. The topological polar surface area (TPSA) is 56.1 Å². The smallest absolute Gasteiger partial charge is 0.0851 e. The van der Waals surface area contributed by atoms with Gasteiger partial charge in [0.2, 0.25) is 0 Å². The highest BCUT2D eigenvalue weighted by Crippen LogP contribution is 2.49. The van der Waals surface area contributed by atoms with Crippen LogP contribution in [0.5, 0.6) is 0 Å². The van der Waals surface area contributed by atoms with E-state index in [0.29, 0.717) is 5.92 Å². The highest BCUT2D eigenvalue weighted by molar-refractivity contribution is 5.94. The Balaban J connectivity index is 2.44. The molecule has 0 radical (unpaired) electrons. The summed E-state index contributed by atoms with van der Waals surface area (Å²) in [5.74, 6) is 0.389. The molecule has 3 rings (SSSR count). The van der Waals surface area contributed by atoms with Crippen LogP contribution in [0.15, 0.2) is 5.16 Å². The van der Waals surface area contributed by atoms with E-state index >= 15 is 0 Å². The predicted octanol–water partition coefficient (Wildman–Crippen LogP) is 1.86. The summed E-state index contributed by atoms with van der Waals surface area (Å²) in [6, 6.07) is 0. The second kappa shape index (κ2) is 2.70. The quantitative estimate of drug-likeness (QED) is 0.461. The number of piperidine rings is 2. The maximum atomic E-state index is 10.1. The van der Waals surface area contributed by atoms with E-state index in [9.17, 15) is 5.21 Å². The molecule has 2 bridgehead atoms. The van der Waals surface area contributed by atoms with Crippen LogP contribution >= 0.6 is 0 Å². The molecule has 0 aromatic rings. The van der Waals surface area contributed by atoms with Gasteiger partial charge in [0.15, 0.2) is 0 Å². The Morgan fingerprint density at radius 3 is 2.64 bits per heavy atom. The SMILES string of the molecule is CC1(C)[C@@H]2CC[C@@](C)(/C(=N/O)C2)N1O. The number of fused-ring (bicyclic) bond motifs is 3. The maximum absolute atomic E-state index is 10.1. The molecule has 4 heteroatoms. The normalized spacial score (nSPS) is 44.6. The molecule has 2 atom stereocenters. The predicted molar refractivity (Wildman–Crippen MR) is 52.7 cm³/mol. The lowest BCUT2D eigenvalue weighted by atomic mass is 9.63. The molecule has 0 aromatic carbocycles. The molecule has 14 heavy (non-hydrogen) atoms. The molecule has 2 heterocycles. The molecule has 3 fully saturated rings. The molecule has 80 valence electrons. The van der Waals surface area contributed by atoms with Crippen molar-refractivity contribution in [2.24, 2.45) is 11.1 Å². The fourth-order valence-electron chi connectivity index (χ4n) is 2.94. The van der Waals surface area contributed by atoms with Gasteiger partial charge < -0.3 is 10.4 Å². The number of nitrogens with zero attached hydrogens (tertiary/aromatic N) is 2. The third kappa shape index (κ3) is 0.982. The standard InChI is InChI=1S/C10H18N2O2/c1-9(2)7-4-5-10(3,12(9)14)8(6-7)11-13/h7,13-14H,4-6H2,1-3H3/b11-8+/t7-,10+/m1/s1. The van der Waals surface area contributed by atoms with E-state index in [1.807, 2.05) is 20.8 Å². The second-order valence-electron chi connectivity index (χ2n) is 5.23. The summed E-state index contributed by atoms with van der Waals surface area (Å²) >= 11 is 0. The van der Waals surface area contributed by atoms with Crippen molar-refractivity contribution in [2.75, 3.05) is 0 Å². The molecule has 0 amide bonds. The molecule has 2 aliphatic heterocycles. The molecule has 4 nitrogen and oxygen atoms in total. The summed E-state index contributed by atoms with van der Waals surface area (Å²) in [4.78, 5) is 0. The molecule has 2 saturated heterocycles. The maximum Gasteiger partial charge on any atom is 0.0851 e. The van der Waals surface area contributed by atoms with Crippen molar-refractivity contribution in [3.05, 3.63) is 0 Å². The fourth-order valence-corrected chi connectivity index (χ4v) is 2.94. The molecule has 2 N–H and O–H groups in total. The van der Waals surface area contributed by atoms with Gasteiger partial charge in [-0.05, 0) is 46.0 Å². The van der Waals surface area contributed by atoms with Gasteiger partial charge in [0.05, 0.1) is 11.3 Å². The lowest BCUT2D eigenvalue weighted by Gasteiger charge is -2.59. The van der Waals surface area contributed by atoms with Crippen molar-refractivity contribution >= 4 is 5.71 Å². The Bertz CT molecular complexity index is 288. The first-order chi connectivity index (χ1) is 6.43. The molecule has 1 saturated carbocycles. The van der Waals surface area contributed by atoms with Crippen LogP contribution in [0.3, 0.4) is 0 Å². The largest absolute Gasteiger partial charge is 0.411 e. The number of hydrogen-bond donors (Lipinski definition) is 2. The highest BCUT2D eigenvalue weighted by atomic mass is 16.5. The number of hydrogen-bond acceptors (Lipinski definition) is 4. The van der Waals surface area contributed by atoms with Crippen LogP contribution in [0, 0.1) is 5.92 Å². The van der Waals surface area contributed by atoms with Gasteiger partial charge in [-0.1, -0.05) is 5.16 Å². The number of oxime groups is 1. The van der Waals surface area contributed by atoms with Crippen molar-refractivity contribution in [1.29, 1.82) is 0 Å². The minimum absolute atomic E-state index is 0.207. The lowest BCUT2D eigenvalue weighted by Crippen LogP contribution is -2.69. The van der Waals surface area contributed by atoms with E-state index in [2.05, 4.69) is 5.16 Å². The summed E-state index contributed by atoms with van der Waals surface area (Å²) in [6.45, 7) is 6.03. The Morgan fingerprint density at radius 1 is 1.43 bits per heavy atom. The van der Waals surface area contributed by atoms with Gasteiger partial charge in [0.1, 0.15) is 0 Å². The van der Waals surface area contributed by atoms with Crippen LogP contribution in [0.4, 0.5) is 0 Å². The Hall–Kier alpha value is -0.610. The molecular weight excluding hydrogens is 180 g/mol. The summed E-state index contributed by atoms with van der Waals surface area (Å²) in [5.41, 5.74) is 0.0457. The molecule has 0 aromatic heterocycles. The van der Waals surface area contributed by atoms with Crippen LogP contribution in [0.25, 0.3) is 0 Å². The highest BCUT2D eigenvalue weighted by Gasteiger charge is 2.57. The van der Waals surface area contributed by atoms with Crippen LogP contribution in [0.1, 0.15) is 40.0 Å². The van der Waals surface area contributed by atoms with Gasteiger partial charge in [-0.25, -0.2) is 0 Å². The molecule has 1 aliphatic carbocycles. The van der Waals surface area contributed by atoms with Gasteiger partial charge in [0.25, 0.3) is 0 Å². The second-order valence-corrected chi connectivity index (χ2v) is 5.23. The van der Waals surface area contributed by atoms with Crippen LogP contribution in [-0.4, -0.2) is 32.3 Å². The van der Waals surface area contributed by atoms with E-state index in [4.69, 9.17) is 5.21 Å². The third-order valence-electron chi connectivity index (χ3n) is 4.17. The van der Waals surface area contributed by atoms with Crippen molar-refractivity contribution in [3.63, 3.8) is 0 Å². The van der Waals surface area contributed by atoms with E-state index in [1.165, 1.54) is 5.06 Å². The Kier molecular flexibility index (Phi) is 1.92. The van der Waals surface area contributed by atoms with Crippen molar-refractivity contribution in [2.45, 2.75) is 51.1 Å². The average Bonchev–Trinajstić information content (AvgIpc) is 2.14. The number of rotatable bonds is 0. The van der Waals surface area contributed by atoms with E-state index in [-0.39, 0.29) is 5.54 Å². The van der Waals surface area contributed by atoms with Gasteiger partial charge >= 0.3 is 0 Å². The minimum Gasteiger partial charge on any atom is -0.411 e. The van der Waals surface area contributed by atoms with Crippen LogP contribution in [0.2, 0.25) is 0 Å². The fraction of sp³-hybridized carbons (Fsp3) is 0.900. The Morgan fingerprint density at radius 2 is 2.07 bits per heavy atom. The monoisotopic (exact) mass is 198 g/mol. The summed E-state index contributed by atoms with van der Waals surface area (Å²) in [7, 11) is 0. The van der Waals surface area contributed by atoms with Gasteiger partial charge in [0, 0.05) is 5.54 Å². The van der Waals surface area contributed by atoms with Crippen LogP contribution < -0.4 is 0 Å². The summed E-state index contributed by atoms with van der Waals surface area (Å²) in [6.07, 6.45) is 2.77. The zero-order chi connectivity index (χ0) is 10.6. The first kappa shape index (κ1) is 9.93. The summed E-state index contributed by atoms with van der Waals surface area (Å²) in [5, 5.41) is 23.8. The summed E-state index contributed by atoms with van der Waals surface area (Å²) < 4.78 is 0. The third-order valence-corrected chi connectivity index (χ3v) is 4.17. The molecule has 3 aliphatic rings. The van der Waals surface area contributed by atoms with Gasteiger partial charge in [-0.15, -0.1) is 0 Å². The van der Waals surface area contributed by atoms with E-state index in [0.717, 1.165) is 25.0 Å². The molecule has 0 spiro atoms. The van der Waals surface area contributed by atoms with Gasteiger partial charge in [-0.2, -0.15) is 5.06 Å². The zero-order valence-electron chi connectivity index (χ0n) is 8.99. The Labute approximate surface area is 84.2 Å². The number of hydroxylamine groups is 2. The zero-order valence-corrected chi connectivity index (χ0v) is 8.99. The first-order valence-electron chi connectivity index (χ1n) is 5.13. The van der Waals surface area contributed by atoms with Crippen molar-refractivity contribution in [3.8, 4) is 0 Å². The van der Waals surface area contributed by atoms with E-state index < -0.39 is 5.54 Å². The lowest BCUT2D eigenvalue weighted by molar-refractivity contribution is -0.253. The molecule has 0 unspecified atom stereocenters. The van der Waals surface area contributed by atoms with Crippen molar-refractivity contribution < 1.29 is 10.4 Å². The van der Waals surface area contributed by atoms with Crippen LogP contribution in [-0.2, 0) is 0 Å². The average molecular weight is 198 g/mol. The van der Waals surface area contributed by atoms with Crippen molar-refractivity contribution in [1.82, 2.24) is 5.06 Å². The first-order valence-corrected chi connectivity index (χ1v) is 5.13.